The van der Waals surface area contributed by atoms with Crippen molar-refractivity contribution in [2.24, 2.45) is 12.0 Å². The van der Waals surface area contributed by atoms with Gasteiger partial charge in [-0.15, -0.1) is 10.2 Å². The first kappa shape index (κ1) is 18.0. The van der Waals surface area contributed by atoms with Gasteiger partial charge in [0.05, 0.1) is 6.54 Å². The fraction of sp³-hybridized carbons (Fsp3) is 0.421. The Balaban J connectivity index is 1.57. The molecule has 7 heteroatoms. The first-order valence-electron chi connectivity index (χ1n) is 9.07. The minimum absolute atomic E-state index is 0.752. The molecule has 0 aliphatic rings. The molecule has 0 atom stereocenters. The summed E-state index contributed by atoms with van der Waals surface area (Å²) in [6.07, 6.45) is 5.86. The Kier molecular flexibility index (Phi) is 5.88. The number of aromatic nitrogens is 4. The Hall–Kier alpha value is -2.83. The van der Waals surface area contributed by atoms with Crippen molar-refractivity contribution in [1.82, 2.24) is 29.4 Å². The van der Waals surface area contributed by atoms with E-state index >= 15 is 0 Å². The van der Waals surface area contributed by atoms with Crippen molar-refractivity contribution in [3.8, 4) is 0 Å². The zero-order chi connectivity index (χ0) is 18.4. The van der Waals surface area contributed by atoms with Gasteiger partial charge in [0.2, 0.25) is 0 Å². The Morgan fingerprint density at radius 3 is 2.85 bits per heavy atom. The number of aliphatic imine (C=N–C) groups is 1. The van der Waals surface area contributed by atoms with Gasteiger partial charge in [0.25, 0.3) is 0 Å². The molecule has 3 aromatic rings. The fourth-order valence-electron chi connectivity index (χ4n) is 2.93. The lowest BCUT2D eigenvalue weighted by Crippen LogP contribution is -2.38. The van der Waals surface area contributed by atoms with Gasteiger partial charge in [0, 0.05) is 51.7 Å². The van der Waals surface area contributed by atoms with E-state index in [1.54, 1.807) is 0 Å². The molecule has 0 saturated carbocycles. The summed E-state index contributed by atoms with van der Waals surface area (Å²) in [4.78, 5) is 6.93. The molecule has 0 bridgehead atoms. The van der Waals surface area contributed by atoms with Gasteiger partial charge in [-0.25, -0.2) is 0 Å². The highest BCUT2D eigenvalue weighted by Crippen LogP contribution is 2.06. The van der Waals surface area contributed by atoms with Crippen LogP contribution in [0.3, 0.4) is 0 Å². The molecular weight excluding hydrogens is 326 g/mol. The van der Waals surface area contributed by atoms with Crippen LogP contribution < -0.4 is 5.32 Å². The van der Waals surface area contributed by atoms with Gasteiger partial charge < -0.3 is 14.8 Å². The largest absolute Gasteiger partial charge is 0.357 e. The molecular formula is C19H27N7. The summed E-state index contributed by atoms with van der Waals surface area (Å²) >= 11 is 0. The standard InChI is InChI=1S/C19H27N7/c1-4-20-19(25(3)15-16-9-8-13-24(16)2)21-12-7-11-18-23-22-17-10-5-6-14-26(17)18/h5-6,8-10,13-14H,4,7,11-12,15H2,1-3H3,(H,20,21). The van der Waals surface area contributed by atoms with Crippen molar-refractivity contribution in [3.63, 3.8) is 0 Å². The lowest BCUT2D eigenvalue weighted by molar-refractivity contribution is 0.461. The van der Waals surface area contributed by atoms with Crippen molar-refractivity contribution in [3.05, 3.63) is 54.2 Å². The Bertz CT molecular complexity index is 862. The highest BCUT2D eigenvalue weighted by Gasteiger charge is 2.08. The van der Waals surface area contributed by atoms with Gasteiger partial charge in [0.15, 0.2) is 11.6 Å². The maximum absolute atomic E-state index is 4.77. The quantitative estimate of drug-likeness (QED) is 0.401. The van der Waals surface area contributed by atoms with E-state index in [0.29, 0.717) is 0 Å². The number of guanidine groups is 1. The summed E-state index contributed by atoms with van der Waals surface area (Å²) in [6.45, 7) is 4.52. The molecule has 0 aliphatic heterocycles. The molecule has 0 aromatic carbocycles. The number of rotatable bonds is 7. The third-order valence-corrected chi connectivity index (χ3v) is 4.35. The molecule has 0 fully saturated rings. The van der Waals surface area contributed by atoms with Crippen molar-refractivity contribution < 1.29 is 0 Å². The Morgan fingerprint density at radius 2 is 2.08 bits per heavy atom. The van der Waals surface area contributed by atoms with Gasteiger partial charge in [-0.05, 0) is 37.6 Å². The molecule has 1 N–H and O–H groups in total. The predicted molar refractivity (Wildman–Crippen MR) is 104 cm³/mol. The SMILES string of the molecule is CCNC(=NCCCc1nnc2ccccn12)N(C)Cc1cccn1C. The van der Waals surface area contributed by atoms with Gasteiger partial charge in [-0.3, -0.25) is 9.39 Å². The molecule has 26 heavy (non-hydrogen) atoms. The van der Waals surface area contributed by atoms with E-state index in [2.05, 4.69) is 64.3 Å². The first-order valence-corrected chi connectivity index (χ1v) is 9.07. The van der Waals surface area contributed by atoms with Crippen LogP contribution in [0.1, 0.15) is 24.9 Å². The summed E-state index contributed by atoms with van der Waals surface area (Å²) in [5, 5.41) is 11.8. The Labute approximate surface area is 154 Å². The second-order valence-corrected chi connectivity index (χ2v) is 6.35. The van der Waals surface area contributed by atoms with Crippen LogP contribution in [0, 0.1) is 0 Å². The van der Waals surface area contributed by atoms with Gasteiger partial charge in [0.1, 0.15) is 5.82 Å². The number of hydrogen-bond acceptors (Lipinski definition) is 3. The zero-order valence-electron chi connectivity index (χ0n) is 15.8. The van der Waals surface area contributed by atoms with Crippen LogP contribution in [0.5, 0.6) is 0 Å². The minimum atomic E-state index is 0.752. The average molecular weight is 353 g/mol. The number of aryl methyl sites for hydroxylation is 2. The van der Waals surface area contributed by atoms with Crippen molar-refractivity contribution in [2.45, 2.75) is 26.3 Å². The molecule has 0 amide bonds. The van der Waals surface area contributed by atoms with E-state index in [4.69, 9.17) is 4.99 Å². The summed E-state index contributed by atoms with van der Waals surface area (Å²) < 4.78 is 4.17. The molecule has 3 rings (SSSR count). The molecule has 3 aromatic heterocycles. The van der Waals surface area contributed by atoms with Crippen molar-refractivity contribution in [2.75, 3.05) is 20.1 Å². The molecule has 138 valence electrons. The van der Waals surface area contributed by atoms with Crippen LogP contribution in [0.15, 0.2) is 47.7 Å². The third kappa shape index (κ3) is 4.22. The molecule has 3 heterocycles. The van der Waals surface area contributed by atoms with Crippen LogP contribution in [0.2, 0.25) is 0 Å². The zero-order valence-corrected chi connectivity index (χ0v) is 15.8. The molecule has 0 aliphatic carbocycles. The van der Waals surface area contributed by atoms with E-state index < -0.39 is 0 Å². The molecule has 7 nitrogen and oxygen atoms in total. The number of hydrogen-bond donors (Lipinski definition) is 1. The maximum atomic E-state index is 4.77. The lowest BCUT2D eigenvalue weighted by atomic mass is 10.3. The number of pyridine rings is 1. The van der Waals surface area contributed by atoms with E-state index in [-0.39, 0.29) is 0 Å². The van der Waals surface area contributed by atoms with Gasteiger partial charge in [-0.1, -0.05) is 6.07 Å². The van der Waals surface area contributed by atoms with Crippen LogP contribution in [0.25, 0.3) is 5.65 Å². The summed E-state index contributed by atoms with van der Waals surface area (Å²) in [6, 6.07) is 10.1. The smallest absolute Gasteiger partial charge is 0.194 e. The van der Waals surface area contributed by atoms with E-state index in [0.717, 1.165) is 49.9 Å². The predicted octanol–water partition coefficient (Wildman–Crippen LogP) is 2.10. The topological polar surface area (TPSA) is 62.8 Å². The fourth-order valence-corrected chi connectivity index (χ4v) is 2.93. The summed E-state index contributed by atoms with van der Waals surface area (Å²) in [5.41, 5.74) is 2.15. The minimum Gasteiger partial charge on any atom is -0.357 e. The lowest BCUT2D eigenvalue weighted by Gasteiger charge is -2.22. The normalized spacial score (nSPS) is 11.9. The highest BCUT2D eigenvalue weighted by molar-refractivity contribution is 5.79. The summed E-state index contributed by atoms with van der Waals surface area (Å²) in [5.74, 6) is 1.91. The third-order valence-electron chi connectivity index (χ3n) is 4.35. The van der Waals surface area contributed by atoms with E-state index in [1.807, 2.05) is 28.8 Å². The molecule has 0 spiro atoms. The van der Waals surface area contributed by atoms with Crippen LogP contribution >= 0.6 is 0 Å². The molecule has 0 unspecified atom stereocenters. The van der Waals surface area contributed by atoms with Crippen molar-refractivity contribution >= 4 is 11.6 Å². The number of fused-ring (bicyclic) bond motifs is 1. The first-order chi connectivity index (χ1) is 12.7. The van der Waals surface area contributed by atoms with E-state index in [9.17, 15) is 0 Å². The number of nitrogens with one attached hydrogen (secondary N) is 1. The molecule has 0 saturated heterocycles. The maximum Gasteiger partial charge on any atom is 0.194 e. The Morgan fingerprint density at radius 1 is 1.19 bits per heavy atom. The van der Waals surface area contributed by atoms with E-state index in [1.165, 1.54) is 5.69 Å². The van der Waals surface area contributed by atoms with Gasteiger partial charge in [-0.2, -0.15) is 0 Å². The average Bonchev–Trinajstić information content (AvgIpc) is 3.24. The molecule has 0 radical (unpaired) electrons. The second kappa shape index (κ2) is 8.51. The van der Waals surface area contributed by atoms with Crippen LogP contribution in [-0.2, 0) is 20.0 Å². The summed E-state index contributed by atoms with van der Waals surface area (Å²) in [7, 11) is 4.14. The second-order valence-electron chi connectivity index (χ2n) is 6.35. The van der Waals surface area contributed by atoms with Crippen molar-refractivity contribution in [1.29, 1.82) is 0 Å². The van der Waals surface area contributed by atoms with Crippen LogP contribution in [-0.4, -0.2) is 50.2 Å². The number of nitrogens with zero attached hydrogens (tertiary/aromatic N) is 6. The van der Waals surface area contributed by atoms with Gasteiger partial charge >= 0.3 is 0 Å². The highest BCUT2D eigenvalue weighted by atomic mass is 15.3. The van der Waals surface area contributed by atoms with Crippen LogP contribution in [0.4, 0.5) is 0 Å². The monoisotopic (exact) mass is 353 g/mol.